The van der Waals surface area contributed by atoms with Crippen LogP contribution in [0.2, 0.25) is 0 Å². The number of carbonyl (C=O) groups is 5. The number of carboxylic acid groups (broad SMARTS) is 1. The maximum Gasteiger partial charge on any atom is 0.306 e. The van der Waals surface area contributed by atoms with Gasteiger partial charge in [0.1, 0.15) is 19.0 Å². The SMILES string of the molecule is CC(=O)COCCOCCCC(=O)COCCOCCNC(=O)CC[C@H](CC(=O)CCCCCCCCCCCCCCCCc1nn[nH]n1)C(=O)O. The maximum atomic E-state index is 12.4. The van der Waals surface area contributed by atoms with E-state index in [1.807, 2.05) is 0 Å². The van der Waals surface area contributed by atoms with Crippen LogP contribution in [0.5, 0.6) is 0 Å². The first kappa shape index (κ1) is 47.9. The number of H-pyrrole nitrogens is 1. The van der Waals surface area contributed by atoms with Gasteiger partial charge in [-0.05, 0) is 32.6 Å². The molecule has 0 bridgehead atoms. The summed E-state index contributed by atoms with van der Waals surface area (Å²) >= 11 is 0. The van der Waals surface area contributed by atoms with Crippen molar-refractivity contribution in [3.05, 3.63) is 5.82 Å². The zero-order valence-corrected chi connectivity index (χ0v) is 32.3. The standard InChI is InChI=1S/C38H67N5O10/c1-32(44)30-52-27-25-50-23-16-18-35(46)31-53-28-26-51-24-22-39-37(47)21-20-33(38(48)49)29-34(45)17-14-12-10-8-6-4-2-3-5-7-9-11-13-15-19-36-40-42-43-41-36/h33H,2-31H2,1H3,(H,39,47)(H,48,49)(H,40,41,42,43)/t33-/m1/s1. The third-order valence-corrected chi connectivity index (χ3v) is 8.66. The van der Waals surface area contributed by atoms with E-state index in [1.165, 1.54) is 71.1 Å². The second-order valence-corrected chi connectivity index (χ2v) is 13.6. The van der Waals surface area contributed by atoms with E-state index >= 15 is 0 Å². The summed E-state index contributed by atoms with van der Waals surface area (Å²) in [7, 11) is 0. The predicted octanol–water partition coefficient (Wildman–Crippen LogP) is 5.15. The van der Waals surface area contributed by atoms with Crippen LogP contribution in [-0.4, -0.2) is 114 Å². The van der Waals surface area contributed by atoms with Crippen LogP contribution in [0.1, 0.15) is 141 Å². The number of aromatic amines is 1. The average Bonchev–Trinajstić information content (AvgIpc) is 3.65. The topological polar surface area (TPSA) is 209 Å². The molecule has 0 saturated heterocycles. The second kappa shape index (κ2) is 34.6. The first-order chi connectivity index (χ1) is 25.8. The highest BCUT2D eigenvalue weighted by Gasteiger charge is 2.22. The van der Waals surface area contributed by atoms with Gasteiger partial charge in [0.25, 0.3) is 0 Å². The molecule has 1 atom stereocenters. The number of nitrogens with one attached hydrogen (secondary N) is 2. The molecule has 0 unspecified atom stereocenters. The largest absolute Gasteiger partial charge is 0.481 e. The number of aryl methyl sites for hydroxylation is 1. The minimum Gasteiger partial charge on any atom is -0.481 e. The zero-order valence-electron chi connectivity index (χ0n) is 32.3. The Labute approximate surface area is 315 Å². The molecule has 304 valence electrons. The van der Waals surface area contributed by atoms with Crippen molar-refractivity contribution in [3.8, 4) is 0 Å². The van der Waals surface area contributed by atoms with Crippen LogP contribution in [0.25, 0.3) is 0 Å². The van der Waals surface area contributed by atoms with Crippen molar-refractivity contribution >= 4 is 29.2 Å². The summed E-state index contributed by atoms with van der Waals surface area (Å²) in [6, 6.07) is 0. The van der Waals surface area contributed by atoms with Gasteiger partial charge in [0, 0.05) is 45.3 Å². The molecule has 0 saturated carbocycles. The van der Waals surface area contributed by atoms with Gasteiger partial charge in [-0.1, -0.05) is 82.3 Å². The van der Waals surface area contributed by atoms with Crippen molar-refractivity contribution < 1.29 is 48.0 Å². The summed E-state index contributed by atoms with van der Waals surface area (Å²) in [5.41, 5.74) is 0. The number of rotatable bonds is 40. The molecule has 53 heavy (non-hydrogen) atoms. The van der Waals surface area contributed by atoms with Crippen molar-refractivity contribution in [3.63, 3.8) is 0 Å². The average molecular weight is 754 g/mol. The van der Waals surface area contributed by atoms with Gasteiger partial charge in [0.2, 0.25) is 5.91 Å². The summed E-state index contributed by atoms with van der Waals surface area (Å²) < 4.78 is 21.2. The van der Waals surface area contributed by atoms with Crippen LogP contribution in [0.3, 0.4) is 0 Å². The van der Waals surface area contributed by atoms with Crippen molar-refractivity contribution in [1.29, 1.82) is 0 Å². The monoisotopic (exact) mass is 753 g/mol. The highest BCUT2D eigenvalue weighted by molar-refractivity contribution is 5.84. The lowest BCUT2D eigenvalue weighted by Gasteiger charge is -2.12. The number of carboxylic acids is 1. The maximum absolute atomic E-state index is 12.4. The molecule has 1 aromatic rings. The van der Waals surface area contributed by atoms with E-state index in [1.54, 1.807) is 0 Å². The van der Waals surface area contributed by atoms with Crippen LogP contribution < -0.4 is 5.32 Å². The Morgan fingerprint density at radius 3 is 1.77 bits per heavy atom. The Morgan fingerprint density at radius 1 is 0.642 bits per heavy atom. The lowest BCUT2D eigenvalue weighted by molar-refractivity contribution is -0.144. The van der Waals surface area contributed by atoms with Crippen LogP contribution in [0.15, 0.2) is 0 Å². The lowest BCUT2D eigenvalue weighted by atomic mass is 9.94. The molecule has 1 heterocycles. The number of unbranched alkanes of at least 4 members (excludes halogenated alkanes) is 13. The molecule has 0 aromatic carbocycles. The van der Waals surface area contributed by atoms with E-state index in [2.05, 4.69) is 25.9 Å². The molecule has 0 aliphatic heterocycles. The van der Waals surface area contributed by atoms with E-state index in [-0.39, 0.29) is 82.1 Å². The number of aromatic nitrogens is 4. The van der Waals surface area contributed by atoms with E-state index < -0.39 is 11.9 Å². The van der Waals surface area contributed by atoms with Gasteiger partial charge in [-0.25, -0.2) is 0 Å². The van der Waals surface area contributed by atoms with Gasteiger partial charge >= 0.3 is 5.97 Å². The van der Waals surface area contributed by atoms with Crippen LogP contribution in [0.4, 0.5) is 0 Å². The fourth-order valence-corrected chi connectivity index (χ4v) is 5.65. The van der Waals surface area contributed by atoms with Crippen molar-refractivity contribution in [2.24, 2.45) is 5.92 Å². The first-order valence-electron chi connectivity index (χ1n) is 19.8. The summed E-state index contributed by atoms with van der Waals surface area (Å²) in [6.45, 7) is 3.68. The summed E-state index contributed by atoms with van der Waals surface area (Å²) in [4.78, 5) is 58.9. The molecule has 0 spiro atoms. The second-order valence-electron chi connectivity index (χ2n) is 13.6. The van der Waals surface area contributed by atoms with Gasteiger partial charge < -0.3 is 29.4 Å². The highest BCUT2D eigenvalue weighted by atomic mass is 16.5. The Morgan fingerprint density at radius 2 is 1.19 bits per heavy atom. The van der Waals surface area contributed by atoms with Crippen LogP contribution in [0, 0.1) is 5.92 Å². The quantitative estimate of drug-likeness (QED) is 0.0742. The van der Waals surface area contributed by atoms with Crippen LogP contribution in [-0.2, 0) is 49.3 Å². The molecule has 15 heteroatoms. The third-order valence-electron chi connectivity index (χ3n) is 8.66. The van der Waals surface area contributed by atoms with E-state index in [0.717, 1.165) is 37.9 Å². The molecule has 0 aliphatic rings. The number of nitrogens with zero attached hydrogens (tertiary/aromatic N) is 3. The molecule has 0 aliphatic carbocycles. The highest BCUT2D eigenvalue weighted by Crippen LogP contribution is 2.17. The smallest absolute Gasteiger partial charge is 0.306 e. The van der Waals surface area contributed by atoms with Gasteiger partial charge in [-0.3, -0.25) is 24.0 Å². The summed E-state index contributed by atoms with van der Waals surface area (Å²) in [5, 5.41) is 26.3. The Hall–Kier alpha value is -3.14. The molecule has 0 fully saturated rings. The summed E-state index contributed by atoms with van der Waals surface area (Å²) in [5.74, 6) is -1.53. The number of amides is 1. The molecule has 1 aromatic heterocycles. The fourth-order valence-electron chi connectivity index (χ4n) is 5.65. The van der Waals surface area contributed by atoms with Crippen molar-refractivity contribution in [2.45, 2.75) is 142 Å². The molecular weight excluding hydrogens is 686 g/mol. The third kappa shape index (κ3) is 32.0. The van der Waals surface area contributed by atoms with Gasteiger partial charge in [-0.2, -0.15) is 5.21 Å². The number of aliphatic carboxylic acids is 1. The molecule has 1 rings (SSSR count). The molecule has 1 amide bonds. The Balaban J connectivity index is 1.89. The number of tetrazole rings is 1. The molecule has 3 N–H and O–H groups in total. The number of ether oxygens (including phenoxy) is 4. The minimum atomic E-state index is -1.05. The van der Waals surface area contributed by atoms with E-state index in [4.69, 9.17) is 18.9 Å². The van der Waals surface area contributed by atoms with Crippen molar-refractivity contribution in [1.82, 2.24) is 25.9 Å². The van der Waals surface area contributed by atoms with Gasteiger partial charge in [-0.15, -0.1) is 10.2 Å². The Kier molecular flexibility index (Phi) is 31.3. The van der Waals surface area contributed by atoms with Gasteiger partial charge in [0.15, 0.2) is 17.4 Å². The van der Waals surface area contributed by atoms with Gasteiger partial charge in [0.05, 0.1) is 39.0 Å². The van der Waals surface area contributed by atoms with E-state index in [0.29, 0.717) is 39.1 Å². The van der Waals surface area contributed by atoms with Crippen molar-refractivity contribution in [2.75, 3.05) is 59.4 Å². The number of ketones is 3. The first-order valence-corrected chi connectivity index (χ1v) is 19.8. The summed E-state index contributed by atoms with van der Waals surface area (Å²) in [6.07, 6.45) is 18.8. The van der Waals surface area contributed by atoms with E-state index in [9.17, 15) is 29.1 Å². The zero-order chi connectivity index (χ0) is 38.6. The normalized spacial score (nSPS) is 11.8. The molecule has 0 radical (unpaired) electrons. The predicted molar refractivity (Wildman–Crippen MR) is 198 cm³/mol. The number of Topliss-reactive ketones (excluding diaryl/α,β-unsaturated/α-hetero) is 3. The molecular formula is C38H67N5O10. The fraction of sp³-hybridized carbons (Fsp3) is 0.842. The number of hydrogen-bond acceptors (Lipinski definition) is 12. The number of carbonyl (C=O) groups excluding carboxylic acids is 4. The molecule has 15 nitrogen and oxygen atoms in total. The minimum absolute atomic E-state index is 0.0103. The number of hydrogen-bond donors (Lipinski definition) is 3. The van der Waals surface area contributed by atoms with Crippen LogP contribution >= 0.6 is 0 Å². The Bertz CT molecular complexity index is 1090. The lowest BCUT2D eigenvalue weighted by Crippen LogP contribution is -2.29.